The van der Waals surface area contributed by atoms with Gasteiger partial charge < -0.3 is 10.5 Å². The molecule has 0 saturated heterocycles. The first-order valence-electron chi connectivity index (χ1n) is 5.43. The second kappa shape index (κ2) is 5.75. The van der Waals surface area contributed by atoms with Crippen molar-refractivity contribution < 1.29 is 4.74 Å². The quantitative estimate of drug-likeness (QED) is 0.897. The molecule has 0 fully saturated rings. The summed E-state index contributed by atoms with van der Waals surface area (Å²) in [5.41, 5.74) is 6.72. The topological polar surface area (TPSA) is 35.2 Å². The fourth-order valence-corrected chi connectivity index (χ4v) is 2.45. The third-order valence-electron chi connectivity index (χ3n) is 2.46. The third kappa shape index (κ3) is 3.02. The second-order valence-corrected chi connectivity index (χ2v) is 4.72. The van der Waals surface area contributed by atoms with Gasteiger partial charge in [-0.15, -0.1) is 0 Å². The molecule has 2 aromatic carbocycles. The van der Waals surface area contributed by atoms with Crippen molar-refractivity contribution in [3.8, 4) is 5.75 Å². The molecule has 0 heterocycles. The number of para-hydroxylation sites is 1. The van der Waals surface area contributed by atoms with Gasteiger partial charge in [0.05, 0.1) is 12.0 Å². The summed E-state index contributed by atoms with van der Waals surface area (Å²) in [4.78, 5) is 2.31. The molecule has 0 saturated carbocycles. The van der Waals surface area contributed by atoms with Crippen molar-refractivity contribution in [3.63, 3.8) is 0 Å². The number of hydrogen-bond donors (Lipinski definition) is 1. The number of ether oxygens (including phenoxy) is 1. The molecular formula is C14H15NOS. The maximum atomic E-state index is 5.57. The first-order valence-corrected chi connectivity index (χ1v) is 6.25. The Kier molecular flexibility index (Phi) is 4.07. The molecule has 2 rings (SSSR count). The molecule has 3 heteroatoms. The fourth-order valence-electron chi connectivity index (χ4n) is 1.52. The minimum absolute atomic E-state index is 0.583. The molecule has 2 N–H and O–H groups in total. The lowest BCUT2D eigenvalue weighted by Gasteiger charge is -2.07. The van der Waals surface area contributed by atoms with E-state index in [0.717, 1.165) is 16.2 Å². The Morgan fingerprint density at radius 3 is 2.41 bits per heavy atom. The molecular weight excluding hydrogens is 230 g/mol. The zero-order valence-corrected chi connectivity index (χ0v) is 10.5. The van der Waals surface area contributed by atoms with Crippen LogP contribution in [0.4, 0.5) is 0 Å². The van der Waals surface area contributed by atoms with E-state index in [2.05, 4.69) is 30.3 Å². The second-order valence-electron chi connectivity index (χ2n) is 3.60. The first kappa shape index (κ1) is 12.0. The number of nitrogens with two attached hydrogens (primary N) is 1. The van der Waals surface area contributed by atoms with E-state index in [4.69, 9.17) is 10.5 Å². The monoisotopic (exact) mass is 245 g/mol. The van der Waals surface area contributed by atoms with E-state index in [-0.39, 0.29) is 0 Å². The van der Waals surface area contributed by atoms with Crippen LogP contribution in [0.15, 0.2) is 58.3 Å². The van der Waals surface area contributed by atoms with E-state index in [9.17, 15) is 0 Å². The van der Waals surface area contributed by atoms with Gasteiger partial charge in [-0.25, -0.2) is 0 Å². The summed E-state index contributed by atoms with van der Waals surface area (Å²) < 4.78 is 5.32. The molecule has 17 heavy (non-hydrogen) atoms. The summed E-state index contributed by atoms with van der Waals surface area (Å²) in [5.74, 6) is 0.903. The Labute approximate surface area is 106 Å². The molecule has 0 amide bonds. The van der Waals surface area contributed by atoms with E-state index in [1.807, 2.05) is 18.2 Å². The molecule has 0 aliphatic heterocycles. The SMILES string of the molecule is COc1ccccc1Sc1ccc(CN)cc1. The van der Waals surface area contributed by atoms with Crippen molar-refractivity contribution in [2.75, 3.05) is 7.11 Å². The standard InChI is InChI=1S/C14H15NOS/c1-16-13-4-2-3-5-14(13)17-12-8-6-11(10-15)7-9-12/h2-9H,10,15H2,1H3. The molecule has 0 radical (unpaired) electrons. The molecule has 2 aromatic rings. The van der Waals surface area contributed by atoms with Gasteiger partial charge in [-0.1, -0.05) is 36.0 Å². The molecule has 0 atom stereocenters. The van der Waals surface area contributed by atoms with E-state index in [0.29, 0.717) is 6.54 Å². The van der Waals surface area contributed by atoms with Crippen molar-refractivity contribution in [1.29, 1.82) is 0 Å². The summed E-state index contributed by atoms with van der Waals surface area (Å²) >= 11 is 1.69. The van der Waals surface area contributed by atoms with E-state index < -0.39 is 0 Å². The number of methoxy groups -OCH3 is 1. The molecule has 0 bridgehead atoms. The largest absolute Gasteiger partial charge is 0.496 e. The minimum Gasteiger partial charge on any atom is -0.496 e. The zero-order chi connectivity index (χ0) is 12.1. The molecule has 0 aliphatic carbocycles. The number of rotatable bonds is 4. The van der Waals surface area contributed by atoms with Gasteiger partial charge >= 0.3 is 0 Å². The number of hydrogen-bond acceptors (Lipinski definition) is 3. The van der Waals surface area contributed by atoms with Crippen molar-refractivity contribution in [2.24, 2.45) is 5.73 Å². The lowest BCUT2D eigenvalue weighted by atomic mass is 10.2. The highest BCUT2D eigenvalue weighted by Crippen LogP contribution is 2.34. The van der Waals surface area contributed by atoms with Crippen LogP contribution in [0.1, 0.15) is 5.56 Å². The van der Waals surface area contributed by atoms with Gasteiger partial charge in [0, 0.05) is 11.4 Å². The highest BCUT2D eigenvalue weighted by molar-refractivity contribution is 7.99. The van der Waals surface area contributed by atoms with Crippen LogP contribution in [0.25, 0.3) is 0 Å². The van der Waals surface area contributed by atoms with Crippen LogP contribution in [0, 0.1) is 0 Å². The van der Waals surface area contributed by atoms with Crippen LogP contribution in [0.5, 0.6) is 5.75 Å². The Morgan fingerprint density at radius 2 is 1.76 bits per heavy atom. The zero-order valence-electron chi connectivity index (χ0n) is 9.72. The van der Waals surface area contributed by atoms with Crippen molar-refractivity contribution in [3.05, 3.63) is 54.1 Å². The van der Waals surface area contributed by atoms with Crippen LogP contribution >= 0.6 is 11.8 Å². The van der Waals surface area contributed by atoms with Gasteiger partial charge in [0.25, 0.3) is 0 Å². The Hall–Kier alpha value is -1.45. The van der Waals surface area contributed by atoms with E-state index >= 15 is 0 Å². The summed E-state index contributed by atoms with van der Waals surface area (Å²) in [6.07, 6.45) is 0. The molecule has 88 valence electrons. The van der Waals surface area contributed by atoms with Gasteiger partial charge in [0.1, 0.15) is 5.75 Å². The first-order chi connectivity index (χ1) is 8.33. The summed E-state index contributed by atoms with van der Waals surface area (Å²) in [7, 11) is 1.69. The predicted molar refractivity (Wildman–Crippen MR) is 71.5 cm³/mol. The molecule has 0 spiro atoms. The maximum absolute atomic E-state index is 5.57. The van der Waals surface area contributed by atoms with Crippen molar-refractivity contribution >= 4 is 11.8 Å². The van der Waals surface area contributed by atoms with Crippen molar-refractivity contribution in [1.82, 2.24) is 0 Å². The van der Waals surface area contributed by atoms with Gasteiger partial charge in [0.15, 0.2) is 0 Å². The predicted octanol–water partition coefficient (Wildman–Crippen LogP) is 3.31. The average molecular weight is 245 g/mol. The minimum atomic E-state index is 0.583. The summed E-state index contributed by atoms with van der Waals surface area (Å²) in [6.45, 7) is 0.583. The summed E-state index contributed by atoms with van der Waals surface area (Å²) in [5, 5.41) is 0. The highest BCUT2D eigenvalue weighted by Gasteiger charge is 2.03. The van der Waals surface area contributed by atoms with Crippen molar-refractivity contribution in [2.45, 2.75) is 16.3 Å². The normalized spacial score (nSPS) is 10.2. The third-order valence-corrected chi connectivity index (χ3v) is 3.52. The molecule has 0 aliphatic rings. The molecule has 0 unspecified atom stereocenters. The number of benzene rings is 2. The van der Waals surface area contributed by atoms with Crippen LogP contribution in [-0.2, 0) is 6.54 Å². The lowest BCUT2D eigenvalue weighted by molar-refractivity contribution is 0.405. The van der Waals surface area contributed by atoms with Crippen LogP contribution in [-0.4, -0.2) is 7.11 Å². The Bertz CT molecular complexity index is 482. The van der Waals surface area contributed by atoms with E-state index in [1.165, 1.54) is 4.90 Å². The van der Waals surface area contributed by atoms with Crippen LogP contribution < -0.4 is 10.5 Å². The Morgan fingerprint density at radius 1 is 1.06 bits per heavy atom. The van der Waals surface area contributed by atoms with Crippen LogP contribution in [0.2, 0.25) is 0 Å². The van der Waals surface area contributed by atoms with Crippen LogP contribution in [0.3, 0.4) is 0 Å². The average Bonchev–Trinajstić information content (AvgIpc) is 2.40. The smallest absolute Gasteiger partial charge is 0.132 e. The lowest BCUT2D eigenvalue weighted by Crippen LogP contribution is -1.94. The summed E-state index contributed by atoms with van der Waals surface area (Å²) in [6, 6.07) is 16.3. The van der Waals surface area contributed by atoms with Gasteiger partial charge in [-0.05, 0) is 29.8 Å². The highest BCUT2D eigenvalue weighted by atomic mass is 32.2. The Balaban J connectivity index is 2.19. The van der Waals surface area contributed by atoms with E-state index in [1.54, 1.807) is 18.9 Å². The maximum Gasteiger partial charge on any atom is 0.132 e. The molecule has 0 aromatic heterocycles. The fraction of sp³-hybridized carbons (Fsp3) is 0.143. The molecule has 2 nitrogen and oxygen atoms in total. The van der Waals surface area contributed by atoms with Gasteiger partial charge in [-0.2, -0.15) is 0 Å². The van der Waals surface area contributed by atoms with Gasteiger partial charge in [0.2, 0.25) is 0 Å². The van der Waals surface area contributed by atoms with Gasteiger partial charge in [-0.3, -0.25) is 0 Å².